The summed E-state index contributed by atoms with van der Waals surface area (Å²) in [6.07, 6.45) is 0. The molecular weight excluding hydrogens is 472 g/mol. The average molecular weight is 501 g/mol. The third-order valence-corrected chi connectivity index (χ3v) is 7.23. The van der Waals surface area contributed by atoms with E-state index in [1.165, 1.54) is 0 Å². The lowest BCUT2D eigenvalue weighted by atomic mass is 9.91. The highest BCUT2D eigenvalue weighted by atomic mass is 16.6. The fourth-order valence-electron chi connectivity index (χ4n) is 5.34. The molecule has 1 unspecified atom stereocenters. The zero-order valence-corrected chi connectivity index (χ0v) is 20.4. The first-order chi connectivity index (χ1) is 18.1. The summed E-state index contributed by atoms with van der Waals surface area (Å²) in [5.41, 5.74) is 1.29. The molecule has 37 heavy (non-hydrogen) atoms. The summed E-state index contributed by atoms with van der Waals surface area (Å²) in [5.74, 6) is -0.433. The summed E-state index contributed by atoms with van der Waals surface area (Å²) < 4.78 is 16.7. The Labute approximate surface area is 214 Å². The van der Waals surface area contributed by atoms with Crippen LogP contribution in [0.25, 0.3) is 16.5 Å². The fourth-order valence-corrected chi connectivity index (χ4v) is 5.34. The van der Waals surface area contributed by atoms with Gasteiger partial charge < -0.3 is 24.2 Å². The number of aliphatic hydroxyl groups excluding tert-OH is 1. The van der Waals surface area contributed by atoms with E-state index in [1.54, 1.807) is 23.1 Å². The van der Waals surface area contributed by atoms with Crippen LogP contribution in [0.15, 0.2) is 66.2 Å². The van der Waals surface area contributed by atoms with Crippen molar-refractivity contribution in [3.63, 3.8) is 0 Å². The number of ether oxygens (including phenoxy) is 3. The van der Waals surface area contributed by atoms with Crippen LogP contribution in [0.5, 0.6) is 11.5 Å². The number of morpholine rings is 1. The van der Waals surface area contributed by atoms with Crippen LogP contribution in [0.2, 0.25) is 0 Å². The van der Waals surface area contributed by atoms with Crippen molar-refractivity contribution in [1.82, 2.24) is 9.80 Å². The van der Waals surface area contributed by atoms with Gasteiger partial charge in [-0.2, -0.15) is 0 Å². The van der Waals surface area contributed by atoms with E-state index in [0.717, 1.165) is 29.4 Å². The van der Waals surface area contributed by atoms with Crippen LogP contribution in [0.4, 0.5) is 0 Å². The maximum Gasteiger partial charge on any atom is 0.295 e. The number of Topliss-reactive ketones (excluding diaryl/α,β-unsaturated/α-hetero) is 1. The molecule has 2 fully saturated rings. The molecule has 8 heteroatoms. The maximum atomic E-state index is 13.5. The molecule has 0 radical (unpaired) electrons. The van der Waals surface area contributed by atoms with Gasteiger partial charge in [0.15, 0.2) is 11.5 Å². The van der Waals surface area contributed by atoms with E-state index in [2.05, 4.69) is 4.90 Å². The van der Waals surface area contributed by atoms with Gasteiger partial charge in [0, 0.05) is 31.7 Å². The highest BCUT2D eigenvalue weighted by Gasteiger charge is 2.46. The Hall–Kier alpha value is -3.88. The van der Waals surface area contributed by atoms with Crippen molar-refractivity contribution in [2.45, 2.75) is 6.04 Å². The molecule has 0 aliphatic carbocycles. The number of amides is 1. The van der Waals surface area contributed by atoms with Gasteiger partial charge in [0.2, 0.25) is 0 Å². The number of benzene rings is 3. The van der Waals surface area contributed by atoms with Gasteiger partial charge in [-0.25, -0.2) is 0 Å². The fraction of sp³-hybridized carbons (Fsp3) is 0.310. The maximum absolute atomic E-state index is 13.5. The molecule has 1 N–H and O–H groups in total. The van der Waals surface area contributed by atoms with E-state index in [4.69, 9.17) is 14.2 Å². The van der Waals surface area contributed by atoms with Crippen molar-refractivity contribution in [2.24, 2.45) is 0 Å². The van der Waals surface area contributed by atoms with Gasteiger partial charge in [0.05, 0.1) is 24.8 Å². The Kier molecular flexibility index (Phi) is 6.28. The predicted molar refractivity (Wildman–Crippen MR) is 138 cm³/mol. The second-order valence-electron chi connectivity index (χ2n) is 9.37. The lowest BCUT2D eigenvalue weighted by Gasteiger charge is -2.31. The zero-order valence-electron chi connectivity index (χ0n) is 20.4. The zero-order chi connectivity index (χ0) is 25.4. The van der Waals surface area contributed by atoms with Crippen LogP contribution in [-0.4, -0.2) is 79.2 Å². The number of hydrogen-bond donors (Lipinski definition) is 1. The van der Waals surface area contributed by atoms with Gasteiger partial charge in [-0.3, -0.25) is 14.5 Å². The first-order valence-electron chi connectivity index (χ1n) is 12.6. The number of carbonyl (C=O) groups excluding carboxylic acids is 2. The summed E-state index contributed by atoms with van der Waals surface area (Å²) in [4.78, 5) is 30.7. The molecule has 0 aromatic heterocycles. The second kappa shape index (κ2) is 9.88. The van der Waals surface area contributed by atoms with Crippen LogP contribution in [0, 0.1) is 0 Å². The van der Waals surface area contributed by atoms with E-state index in [0.29, 0.717) is 56.6 Å². The van der Waals surface area contributed by atoms with E-state index >= 15 is 0 Å². The summed E-state index contributed by atoms with van der Waals surface area (Å²) in [6, 6.07) is 18.1. The van der Waals surface area contributed by atoms with Gasteiger partial charge in [-0.1, -0.05) is 42.5 Å². The number of likely N-dealkylation sites (tertiary alicyclic amines) is 1. The van der Waals surface area contributed by atoms with E-state index in [-0.39, 0.29) is 11.3 Å². The molecule has 0 bridgehead atoms. The number of rotatable bonds is 5. The molecule has 3 aromatic carbocycles. The van der Waals surface area contributed by atoms with E-state index in [1.807, 2.05) is 42.5 Å². The minimum atomic E-state index is -0.722. The van der Waals surface area contributed by atoms with Crippen LogP contribution in [0.1, 0.15) is 17.2 Å². The van der Waals surface area contributed by atoms with E-state index in [9.17, 15) is 14.7 Å². The van der Waals surface area contributed by atoms with Crippen molar-refractivity contribution >= 4 is 28.2 Å². The topological polar surface area (TPSA) is 88.5 Å². The minimum Gasteiger partial charge on any atom is -0.507 e. The Morgan fingerprint density at radius 1 is 0.865 bits per heavy atom. The number of carbonyl (C=O) groups is 2. The molecule has 3 aromatic rings. The Morgan fingerprint density at radius 2 is 1.62 bits per heavy atom. The summed E-state index contributed by atoms with van der Waals surface area (Å²) in [7, 11) is 0. The molecule has 3 heterocycles. The molecule has 0 saturated carbocycles. The van der Waals surface area contributed by atoms with Crippen molar-refractivity contribution in [3.8, 4) is 11.5 Å². The molecule has 190 valence electrons. The normalized spacial score (nSPS) is 21.5. The molecule has 2 saturated heterocycles. The average Bonchev–Trinajstić information content (AvgIpc) is 3.20. The Bertz CT molecular complexity index is 1390. The van der Waals surface area contributed by atoms with Crippen LogP contribution >= 0.6 is 0 Å². The third kappa shape index (κ3) is 4.32. The van der Waals surface area contributed by atoms with E-state index < -0.39 is 17.7 Å². The quantitative estimate of drug-likeness (QED) is 0.327. The number of fused-ring (bicyclic) bond motifs is 2. The highest BCUT2D eigenvalue weighted by Crippen LogP contribution is 2.43. The third-order valence-electron chi connectivity index (χ3n) is 7.23. The lowest BCUT2D eigenvalue weighted by molar-refractivity contribution is -0.140. The van der Waals surface area contributed by atoms with Crippen LogP contribution in [-0.2, 0) is 14.3 Å². The van der Waals surface area contributed by atoms with Gasteiger partial charge in [-0.15, -0.1) is 0 Å². The Morgan fingerprint density at radius 3 is 2.46 bits per heavy atom. The summed E-state index contributed by atoms with van der Waals surface area (Å²) >= 11 is 0. The number of hydrogen-bond acceptors (Lipinski definition) is 7. The van der Waals surface area contributed by atoms with Crippen molar-refractivity contribution < 1.29 is 28.9 Å². The SMILES string of the molecule is O=C1C(=O)N(CCN2CCOCC2)C(c2cccc3ccccc23)/C1=C(\O)c1ccc2c(c1)OCCO2. The van der Waals surface area contributed by atoms with Gasteiger partial charge >= 0.3 is 0 Å². The molecule has 1 atom stereocenters. The minimum absolute atomic E-state index is 0.0833. The predicted octanol–water partition coefficient (Wildman–Crippen LogP) is 3.36. The first kappa shape index (κ1) is 23.5. The monoisotopic (exact) mass is 500 g/mol. The number of aliphatic hydroxyl groups is 1. The molecule has 8 nitrogen and oxygen atoms in total. The van der Waals surface area contributed by atoms with Crippen LogP contribution in [0.3, 0.4) is 0 Å². The van der Waals surface area contributed by atoms with Gasteiger partial charge in [0.25, 0.3) is 11.7 Å². The van der Waals surface area contributed by atoms with Crippen LogP contribution < -0.4 is 9.47 Å². The first-order valence-corrected chi connectivity index (χ1v) is 12.6. The number of nitrogens with zero attached hydrogens (tertiary/aromatic N) is 2. The molecule has 1 amide bonds. The van der Waals surface area contributed by atoms with Crippen molar-refractivity contribution in [1.29, 1.82) is 0 Å². The molecule has 3 aliphatic rings. The standard InChI is InChI=1S/C29H28N2O6/c32-27(20-8-9-23-24(18-20)37-17-16-36-23)25-26(22-7-3-5-19-4-1-2-6-21(19)22)31(29(34)28(25)33)11-10-30-12-14-35-15-13-30/h1-9,18,26,32H,10-17H2/b27-25+. The summed E-state index contributed by atoms with van der Waals surface area (Å²) in [5, 5.41) is 13.4. The summed E-state index contributed by atoms with van der Waals surface area (Å²) in [6.45, 7) is 4.68. The Balaban J connectivity index is 1.46. The van der Waals surface area contributed by atoms with Crippen molar-refractivity contribution in [2.75, 3.05) is 52.6 Å². The van der Waals surface area contributed by atoms with Crippen molar-refractivity contribution in [3.05, 3.63) is 77.4 Å². The molecule has 3 aliphatic heterocycles. The van der Waals surface area contributed by atoms with Gasteiger partial charge in [0.1, 0.15) is 19.0 Å². The second-order valence-corrected chi connectivity index (χ2v) is 9.37. The lowest BCUT2D eigenvalue weighted by Crippen LogP contribution is -2.42. The number of ketones is 1. The smallest absolute Gasteiger partial charge is 0.295 e. The molecular formula is C29H28N2O6. The molecule has 6 rings (SSSR count). The largest absolute Gasteiger partial charge is 0.507 e. The highest BCUT2D eigenvalue weighted by molar-refractivity contribution is 6.46. The molecule has 0 spiro atoms. The van der Waals surface area contributed by atoms with Gasteiger partial charge in [-0.05, 0) is 34.5 Å².